The molecule has 9 heteroatoms. The predicted octanol–water partition coefficient (Wildman–Crippen LogP) is 20.0. The topological polar surface area (TPSA) is 24.9 Å². The van der Waals surface area contributed by atoms with Gasteiger partial charge in [0.2, 0.25) is 6.71 Å². The summed E-state index contributed by atoms with van der Waals surface area (Å²) >= 11 is 7.32. The summed E-state index contributed by atoms with van der Waals surface area (Å²) in [4.78, 5) is 4.65. The molecule has 0 unspecified atom stereocenters. The number of fused-ring (bicyclic) bond motifs is 2. The fraction of sp³-hybridized carbons (Fsp3) is 0.0556. The molecule has 0 N–H and O–H groups in total. The van der Waals surface area contributed by atoms with Crippen LogP contribution in [-0.2, 0) is 9.31 Å². The number of benzene rings is 14. The van der Waals surface area contributed by atoms with Crippen LogP contribution in [0.25, 0.3) is 66.8 Å². The first-order valence-corrected chi connectivity index (χ1v) is 34.7. The number of hydrogen-bond acceptors (Lipinski definition) is 4. The van der Waals surface area contributed by atoms with Gasteiger partial charge in [0.05, 0.1) is 11.4 Å². The van der Waals surface area contributed by atoms with Gasteiger partial charge in [-0.1, -0.05) is 285 Å². The van der Waals surface area contributed by atoms with Crippen LogP contribution >= 0.6 is 31.9 Å². The van der Waals surface area contributed by atoms with E-state index in [0.29, 0.717) is 0 Å². The third-order valence-electron chi connectivity index (χ3n) is 17.1. The summed E-state index contributed by atoms with van der Waals surface area (Å²) in [6.07, 6.45) is 0. The van der Waals surface area contributed by atoms with Gasteiger partial charge in [-0.3, -0.25) is 0 Å². The van der Waals surface area contributed by atoms with E-state index in [2.05, 4.69) is 378 Å². The van der Waals surface area contributed by atoms with Gasteiger partial charge in [-0.05, 0) is 200 Å². The minimum Gasteiger partial charge on any atom is -0.410 e. The monoisotopic (exact) mass is 1400 g/mol. The van der Waals surface area contributed by atoms with Crippen molar-refractivity contribution in [3.63, 3.8) is 0 Å². The summed E-state index contributed by atoms with van der Waals surface area (Å²) < 4.78 is 13.6. The molecule has 0 aliphatic carbocycles. The fourth-order valence-electron chi connectivity index (χ4n) is 12.8. The number of anilines is 6. The molecule has 0 fully saturated rings. The molecule has 1 aliphatic heterocycles. The molecule has 0 amide bonds. The van der Waals surface area contributed by atoms with E-state index in [0.717, 1.165) is 65.0 Å². The Morgan fingerprint density at radius 1 is 0.333 bits per heavy atom. The van der Waals surface area contributed by atoms with E-state index < -0.39 is 7.12 Å². The van der Waals surface area contributed by atoms with E-state index in [-0.39, 0.29) is 25.6 Å². The SMILES string of the molecule is Brc1ccccc1N(c1ccccc1)c1ccccc1Br.COB(OC)c1c(-c2ccccc2)cc(-c2ccccc2)cc1-c1ccccc1.C[C-](C)C.[Li+].c1ccc(-c2cc(-c3ccccc3)c(B3c4ccccc4N(c4ccccc4)c4ccccc43)c(-c3ccccc3)c2)cc1. The molecule has 0 spiro atoms. The summed E-state index contributed by atoms with van der Waals surface area (Å²) in [5.74, 6) is 1.42. The second-order valence-corrected chi connectivity index (χ2v) is 26.0. The Balaban J connectivity index is 0.000000155. The van der Waals surface area contributed by atoms with Gasteiger partial charge in [0, 0.05) is 45.9 Å². The van der Waals surface area contributed by atoms with Gasteiger partial charge in [-0.15, -0.1) is 0 Å². The summed E-state index contributed by atoms with van der Waals surface area (Å²) in [6.45, 7) is 6.28. The zero-order chi connectivity index (χ0) is 67.6. The van der Waals surface area contributed by atoms with Crippen LogP contribution in [0.3, 0.4) is 0 Å². The van der Waals surface area contributed by atoms with Crippen LogP contribution in [0.1, 0.15) is 20.8 Å². The molecule has 4 nitrogen and oxygen atoms in total. The Morgan fingerprint density at radius 2 is 0.616 bits per heavy atom. The average Bonchev–Trinajstić information content (AvgIpc) is 0.724. The Kier molecular flexibility index (Phi) is 24.7. The van der Waals surface area contributed by atoms with Crippen molar-refractivity contribution in [3.8, 4) is 66.8 Å². The van der Waals surface area contributed by atoms with Crippen molar-refractivity contribution in [2.24, 2.45) is 0 Å². The molecule has 14 aromatic rings. The number of halogens is 2. The normalized spacial score (nSPS) is 11.0. The van der Waals surface area contributed by atoms with Crippen LogP contribution in [0, 0.1) is 5.92 Å². The zero-order valence-electron chi connectivity index (χ0n) is 56.8. The van der Waals surface area contributed by atoms with Gasteiger partial charge in [0.15, 0.2) is 0 Å². The second-order valence-electron chi connectivity index (χ2n) is 24.3. The first-order chi connectivity index (χ1) is 48.2. The summed E-state index contributed by atoms with van der Waals surface area (Å²) in [7, 11) is 2.90. The number of rotatable bonds is 14. The van der Waals surface area contributed by atoms with Crippen molar-refractivity contribution in [2.45, 2.75) is 20.8 Å². The Hall–Kier alpha value is -9.71. The van der Waals surface area contributed by atoms with Crippen molar-refractivity contribution in [1.29, 1.82) is 0 Å². The molecule has 14 aromatic carbocycles. The molecule has 1 aliphatic rings. The molecule has 0 aromatic heterocycles. The van der Waals surface area contributed by atoms with Crippen molar-refractivity contribution in [3.05, 3.63) is 379 Å². The maximum Gasteiger partial charge on any atom is 1.00 e. The quantitative estimate of drug-likeness (QED) is 0.0800. The third kappa shape index (κ3) is 16.7. The van der Waals surface area contributed by atoms with E-state index in [4.69, 9.17) is 9.31 Å². The molecule has 0 saturated heterocycles. The van der Waals surface area contributed by atoms with Gasteiger partial charge in [-0.2, -0.15) is 20.8 Å². The molecule has 0 bridgehead atoms. The third-order valence-corrected chi connectivity index (χ3v) is 18.4. The Labute approximate surface area is 615 Å². The summed E-state index contributed by atoms with van der Waals surface area (Å²) in [6, 6.07) is 129. The van der Waals surface area contributed by atoms with E-state index in [1.165, 1.54) is 72.6 Å². The van der Waals surface area contributed by atoms with Gasteiger partial charge in [0.25, 0.3) is 0 Å². The standard InChI is InChI=1S/C42H30BN.C26H23BO2.C18H13Br2N.C4H9.Li/c1-5-17-31(18-6-1)34-29-36(32-19-7-2-8-20-32)42(37(30-34)33-21-9-3-10-22-33)43-38-25-13-15-27-40(38)44(35-23-11-4-12-24-35)41-28-16-14-26-39(41)43;1-28-27(29-2)26-24(21-14-8-4-9-15-21)18-23(20-12-6-3-7-13-20)19-25(26)22-16-10-5-11-17-22;19-15-10-4-6-12-17(15)21(14-8-2-1-3-9-14)18-13-7-5-11-16(18)20;1-4(2)3;/h1-30H;3-19H,1-2H3;1-13H;1-3H3;/q;;;-1;+1. The maximum atomic E-state index is 5.73. The van der Waals surface area contributed by atoms with Crippen LogP contribution in [0.2, 0.25) is 0 Å². The van der Waals surface area contributed by atoms with Crippen LogP contribution < -0.4 is 50.5 Å². The van der Waals surface area contributed by atoms with Gasteiger partial charge in [-0.25, -0.2) is 0 Å². The van der Waals surface area contributed by atoms with E-state index in [1.54, 1.807) is 14.2 Å². The molecule has 99 heavy (non-hydrogen) atoms. The zero-order valence-corrected chi connectivity index (χ0v) is 59.9. The summed E-state index contributed by atoms with van der Waals surface area (Å²) in [5, 5.41) is 0. The number of para-hydroxylation sites is 6. The summed E-state index contributed by atoms with van der Waals surface area (Å²) in [5.41, 5.74) is 26.1. The van der Waals surface area contributed by atoms with Crippen molar-refractivity contribution < 1.29 is 28.2 Å². The molecule has 15 rings (SSSR count). The van der Waals surface area contributed by atoms with E-state index >= 15 is 0 Å². The van der Waals surface area contributed by atoms with Crippen molar-refractivity contribution >= 4 is 102 Å². The van der Waals surface area contributed by atoms with Gasteiger partial charge in [0.1, 0.15) is 0 Å². The van der Waals surface area contributed by atoms with Crippen molar-refractivity contribution in [2.75, 3.05) is 24.0 Å². The molecular formula is C90H75B2Br2LiN2O2. The first kappa shape index (κ1) is 70.6. The van der Waals surface area contributed by atoms with Crippen molar-refractivity contribution in [1.82, 2.24) is 0 Å². The van der Waals surface area contributed by atoms with Crippen LogP contribution in [0.5, 0.6) is 0 Å². The number of hydrogen-bond donors (Lipinski definition) is 0. The largest absolute Gasteiger partial charge is 1.00 e. The minimum absolute atomic E-state index is 0. The minimum atomic E-state index is -0.467. The molecule has 0 atom stereocenters. The van der Waals surface area contributed by atoms with Gasteiger partial charge >= 0.3 is 26.0 Å². The smallest absolute Gasteiger partial charge is 0.410 e. The molecule has 1 heterocycles. The molecular weight excluding hydrogens is 1330 g/mol. The second kappa shape index (κ2) is 34.7. The van der Waals surface area contributed by atoms with Gasteiger partial charge < -0.3 is 25.0 Å². The maximum absolute atomic E-state index is 5.73. The first-order valence-electron chi connectivity index (χ1n) is 33.1. The van der Waals surface area contributed by atoms with E-state index in [1.807, 2.05) is 48.5 Å². The Bertz CT molecular complexity index is 4630. The average molecular weight is 1400 g/mol. The van der Waals surface area contributed by atoms with Crippen LogP contribution in [0.15, 0.2) is 373 Å². The van der Waals surface area contributed by atoms with Crippen LogP contribution in [-0.4, -0.2) is 28.1 Å². The van der Waals surface area contributed by atoms with Crippen LogP contribution in [0.4, 0.5) is 34.1 Å². The predicted molar refractivity (Wildman–Crippen MR) is 427 cm³/mol. The molecule has 0 radical (unpaired) electrons. The van der Waals surface area contributed by atoms with E-state index in [9.17, 15) is 0 Å². The fourth-order valence-corrected chi connectivity index (χ4v) is 13.7. The Morgan fingerprint density at radius 3 is 0.970 bits per heavy atom. The number of nitrogens with zero attached hydrogens (tertiary/aromatic N) is 2. The molecule has 0 saturated carbocycles. The molecule has 478 valence electrons.